The molecule has 1 aromatic heterocycles. The minimum Gasteiger partial charge on any atom is -0.349 e. The van der Waals surface area contributed by atoms with E-state index in [1.54, 1.807) is 18.5 Å². The lowest BCUT2D eigenvalue weighted by Gasteiger charge is -2.28. The molecule has 2 aliphatic rings. The molecule has 0 spiro atoms. The van der Waals surface area contributed by atoms with Gasteiger partial charge in [0.2, 0.25) is 0 Å². The van der Waals surface area contributed by atoms with Crippen molar-refractivity contribution in [3.8, 4) is 0 Å². The maximum Gasteiger partial charge on any atom is 0.253 e. The molecule has 2 fully saturated rings. The highest BCUT2D eigenvalue weighted by Gasteiger charge is 2.42. The van der Waals surface area contributed by atoms with Gasteiger partial charge in [-0.15, -0.1) is 0 Å². The Balaban J connectivity index is 1.61. The van der Waals surface area contributed by atoms with Gasteiger partial charge in [-0.1, -0.05) is 6.42 Å². The molecule has 1 aromatic rings. The predicted molar refractivity (Wildman–Crippen MR) is 70.1 cm³/mol. The van der Waals surface area contributed by atoms with E-state index in [9.17, 15) is 4.79 Å². The molecular formula is C15H20N2O. The summed E-state index contributed by atoms with van der Waals surface area (Å²) in [4.78, 5) is 16.1. The van der Waals surface area contributed by atoms with Crippen molar-refractivity contribution in [1.29, 1.82) is 0 Å². The number of nitrogens with zero attached hydrogens (tertiary/aromatic N) is 1. The third-order valence-electron chi connectivity index (χ3n) is 4.72. The lowest BCUT2D eigenvalue weighted by atomic mass is 9.84. The Morgan fingerprint density at radius 2 is 2.33 bits per heavy atom. The fraction of sp³-hybridized carbons (Fsp3) is 0.600. The van der Waals surface area contributed by atoms with Crippen molar-refractivity contribution < 1.29 is 4.79 Å². The molecule has 3 heteroatoms. The molecule has 0 saturated heterocycles. The molecule has 18 heavy (non-hydrogen) atoms. The second kappa shape index (κ2) is 4.71. The first-order valence-electron chi connectivity index (χ1n) is 6.95. The zero-order valence-corrected chi connectivity index (χ0v) is 10.8. The molecule has 0 aromatic carbocycles. The first-order chi connectivity index (χ1) is 8.74. The number of amides is 1. The van der Waals surface area contributed by atoms with Gasteiger partial charge in [0.15, 0.2) is 0 Å². The second-order valence-electron chi connectivity index (χ2n) is 5.84. The number of hydrogen-bond donors (Lipinski definition) is 1. The van der Waals surface area contributed by atoms with Gasteiger partial charge in [-0.05, 0) is 56.1 Å². The molecule has 0 unspecified atom stereocenters. The van der Waals surface area contributed by atoms with Gasteiger partial charge >= 0.3 is 0 Å². The molecular weight excluding hydrogens is 224 g/mol. The monoisotopic (exact) mass is 244 g/mol. The molecule has 3 rings (SSSR count). The summed E-state index contributed by atoms with van der Waals surface area (Å²) in [5.41, 5.74) is 0.660. The van der Waals surface area contributed by atoms with Gasteiger partial charge in [0, 0.05) is 18.4 Å². The summed E-state index contributed by atoms with van der Waals surface area (Å²) in [5, 5.41) is 3.14. The quantitative estimate of drug-likeness (QED) is 0.888. The van der Waals surface area contributed by atoms with Crippen LogP contribution in [0, 0.1) is 17.8 Å². The first-order valence-corrected chi connectivity index (χ1v) is 6.95. The second-order valence-corrected chi connectivity index (χ2v) is 5.84. The van der Waals surface area contributed by atoms with Crippen LogP contribution >= 0.6 is 0 Å². The Morgan fingerprint density at radius 3 is 2.94 bits per heavy atom. The Morgan fingerprint density at radius 1 is 1.44 bits per heavy atom. The van der Waals surface area contributed by atoms with Gasteiger partial charge in [-0.25, -0.2) is 0 Å². The summed E-state index contributed by atoms with van der Waals surface area (Å²) in [7, 11) is 0. The number of pyridine rings is 1. The smallest absolute Gasteiger partial charge is 0.253 e. The molecule has 4 atom stereocenters. The third kappa shape index (κ3) is 2.14. The van der Waals surface area contributed by atoms with E-state index in [-0.39, 0.29) is 11.9 Å². The molecule has 3 nitrogen and oxygen atoms in total. The van der Waals surface area contributed by atoms with Crippen molar-refractivity contribution in [1.82, 2.24) is 10.3 Å². The Bertz CT molecular complexity index is 431. The molecule has 2 saturated carbocycles. The van der Waals surface area contributed by atoms with Crippen LogP contribution in [-0.2, 0) is 0 Å². The normalized spacial score (nSPS) is 31.3. The van der Waals surface area contributed by atoms with Gasteiger partial charge in [0.05, 0.1) is 5.56 Å². The van der Waals surface area contributed by atoms with Crippen LogP contribution in [0.25, 0.3) is 0 Å². The summed E-state index contributed by atoms with van der Waals surface area (Å²) < 4.78 is 0. The van der Waals surface area contributed by atoms with Crippen molar-refractivity contribution in [3.05, 3.63) is 30.1 Å². The zero-order valence-electron chi connectivity index (χ0n) is 10.8. The molecule has 2 aliphatic carbocycles. The van der Waals surface area contributed by atoms with E-state index in [4.69, 9.17) is 0 Å². The van der Waals surface area contributed by atoms with Gasteiger partial charge in [0.25, 0.3) is 5.91 Å². The highest BCUT2D eigenvalue weighted by molar-refractivity contribution is 5.93. The minimum absolute atomic E-state index is 0.0124. The standard InChI is InChI=1S/C15H20N2O/c1-10(14-8-11-4-5-12(14)7-11)17-15(18)13-3-2-6-16-9-13/h2-3,6,9-12,14H,4-5,7-8H2,1H3,(H,17,18)/t10-,11-,12-,14-/m1/s1. The number of carbonyl (C=O) groups is 1. The van der Waals surface area contributed by atoms with Crippen LogP contribution in [0.2, 0.25) is 0 Å². The number of rotatable bonds is 3. The van der Waals surface area contributed by atoms with E-state index in [0.29, 0.717) is 11.5 Å². The van der Waals surface area contributed by atoms with E-state index >= 15 is 0 Å². The Labute approximate surface area is 108 Å². The average molecular weight is 244 g/mol. The van der Waals surface area contributed by atoms with E-state index in [0.717, 1.165) is 11.8 Å². The van der Waals surface area contributed by atoms with Crippen LogP contribution in [0.3, 0.4) is 0 Å². The van der Waals surface area contributed by atoms with Gasteiger partial charge in [-0.2, -0.15) is 0 Å². The Hall–Kier alpha value is -1.38. The van der Waals surface area contributed by atoms with Crippen molar-refractivity contribution >= 4 is 5.91 Å². The van der Waals surface area contributed by atoms with E-state index in [1.807, 2.05) is 6.07 Å². The van der Waals surface area contributed by atoms with Crippen molar-refractivity contribution in [3.63, 3.8) is 0 Å². The SMILES string of the molecule is C[C@@H](NC(=O)c1cccnc1)[C@H]1C[C@@H]2CC[C@@H]1C2. The number of fused-ring (bicyclic) bond motifs is 2. The maximum absolute atomic E-state index is 12.1. The van der Waals surface area contributed by atoms with Crippen LogP contribution in [0.15, 0.2) is 24.5 Å². The molecule has 96 valence electrons. The van der Waals surface area contributed by atoms with Crippen LogP contribution in [0.1, 0.15) is 43.0 Å². The van der Waals surface area contributed by atoms with Crippen LogP contribution in [0.4, 0.5) is 0 Å². The average Bonchev–Trinajstić information content (AvgIpc) is 3.02. The van der Waals surface area contributed by atoms with Crippen molar-refractivity contribution in [2.24, 2.45) is 17.8 Å². The van der Waals surface area contributed by atoms with Crippen LogP contribution in [-0.4, -0.2) is 16.9 Å². The minimum atomic E-state index is 0.0124. The molecule has 2 bridgehead atoms. The third-order valence-corrected chi connectivity index (χ3v) is 4.72. The van der Waals surface area contributed by atoms with E-state index in [2.05, 4.69) is 17.2 Å². The van der Waals surface area contributed by atoms with Crippen molar-refractivity contribution in [2.45, 2.75) is 38.6 Å². The number of carbonyl (C=O) groups excluding carboxylic acids is 1. The molecule has 1 N–H and O–H groups in total. The predicted octanol–water partition coefficient (Wildman–Crippen LogP) is 2.64. The van der Waals surface area contributed by atoms with Crippen LogP contribution in [0.5, 0.6) is 0 Å². The number of hydrogen-bond acceptors (Lipinski definition) is 2. The fourth-order valence-electron chi connectivity index (χ4n) is 3.80. The Kier molecular flexibility index (Phi) is 3.06. The van der Waals surface area contributed by atoms with Gasteiger partial charge in [0.1, 0.15) is 0 Å². The van der Waals surface area contributed by atoms with E-state index in [1.165, 1.54) is 25.7 Å². The molecule has 1 heterocycles. The zero-order chi connectivity index (χ0) is 12.5. The van der Waals surface area contributed by atoms with Crippen LogP contribution < -0.4 is 5.32 Å². The lowest BCUT2D eigenvalue weighted by molar-refractivity contribution is 0.0915. The first kappa shape index (κ1) is 11.7. The lowest BCUT2D eigenvalue weighted by Crippen LogP contribution is -2.40. The highest BCUT2D eigenvalue weighted by Crippen LogP contribution is 2.49. The maximum atomic E-state index is 12.1. The summed E-state index contributed by atoms with van der Waals surface area (Å²) >= 11 is 0. The topological polar surface area (TPSA) is 42.0 Å². The largest absolute Gasteiger partial charge is 0.349 e. The summed E-state index contributed by atoms with van der Waals surface area (Å²) in [6.45, 7) is 2.15. The number of nitrogens with one attached hydrogen (secondary N) is 1. The number of aromatic nitrogens is 1. The van der Waals surface area contributed by atoms with E-state index < -0.39 is 0 Å². The highest BCUT2D eigenvalue weighted by atomic mass is 16.1. The fourth-order valence-corrected chi connectivity index (χ4v) is 3.80. The molecule has 0 aliphatic heterocycles. The summed E-state index contributed by atoms with van der Waals surface area (Å²) in [6.07, 6.45) is 8.78. The molecule has 1 amide bonds. The van der Waals surface area contributed by atoms with Gasteiger partial charge < -0.3 is 5.32 Å². The summed E-state index contributed by atoms with van der Waals surface area (Å²) in [6, 6.07) is 3.90. The summed E-state index contributed by atoms with van der Waals surface area (Å²) in [5.74, 6) is 2.47. The van der Waals surface area contributed by atoms with Crippen molar-refractivity contribution in [2.75, 3.05) is 0 Å². The van der Waals surface area contributed by atoms with Gasteiger partial charge in [-0.3, -0.25) is 9.78 Å². The molecule has 0 radical (unpaired) electrons.